The van der Waals surface area contributed by atoms with Crippen LogP contribution in [0.1, 0.15) is 143 Å². The van der Waals surface area contributed by atoms with E-state index in [1.165, 1.54) is 63.4 Å². The van der Waals surface area contributed by atoms with E-state index in [4.69, 9.17) is 32.8 Å². The van der Waals surface area contributed by atoms with Gasteiger partial charge in [-0.15, -0.1) is 29.5 Å². The summed E-state index contributed by atoms with van der Waals surface area (Å²) in [6.07, 6.45) is 12.4. The summed E-state index contributed by atoms with van der Waals surface area (Å²) in [6.45, 7) is 26.5. The number of Topliss-reactive ketones (excluding diaryl/α,β-unsaturated/α-hetero) is 1. The van der Waals surface area contributed by atoms with Crippen molar-refractivity contribution in [1.29, 1.82) is 5.26 Å². The van der Waals surface area contributed by atoms with Crippen LogP contribution in [0.15, 0.2) is 121 Å². The van der Waals surface area contributed by atoms with E-state index in [1.807, 2.05) is 107 Å². The maximum absolute atomic E-state index is 11.8. The molecule has 1 aliphatic rings. The zero-order valence-corrected chi connectivity index (χ0v) is 52.8. The van der Waals surface area contributed by atoms with Crippen LogP contribution < -0.4 is 18.3 Å². The second kappa shape index (κ2) is 31.2. The molecule has 0 spiro atoms. The number of pyridine rings is 4. The van der Waals surface area contributed by atoms with Crippen molar-refractivity contribution in [3.05, 3.63) is 203 Å². The van der Waals surface area contributed by atoms with E-state index >= 15 is 0 Å². The minimum Gasteiger partial charge on any atom is -0.462 e. The molecular formula is C71H83ClN6O7S2+4. The molecule has 0 N–H and O–H groups in total. The third-order valence-corrected chi connectivity index (χ3v) is 16.7. The number of benzene rings is 3. The fourth-order valence-corrected chi connectivity index (χ4v) is 11.9. The van der Waals surface area contributed by atoms with Crippen LogP contribution >= 0.6 is 34.7 Å². The van der Waals surface area contributed by atoms with Crippen molar-refractivity contribution < 1.29 is 47.0 Å². The molecule has 0 fully saturated rings. The molecule has 16 heteroatoms. The first-order valence-electron chi connectivity index (χ1n) is 26.9. The SMILES string of the molecule is C.C.C.C#Cc1ccc(-c2ccc(SC(C)(C)C)cc2C)[n+](C)c1.C=Cc1cc(C)c(-c2cc(C(C)=O)cc[n+]2C)cc1[N+](=O)[O-].CCOC(=O)c1cc(C)c(-c2cc(C)cc(C)[n+]2C)s1.Cc1c(-c2ccc(C#N)c[n+]2C)cc2c(c1Cl)COC2=O. The van der Waals surface area contributed by atoms with Crippen molar-refractivity contribution >= 4 is 64.2 Å². The van der Waals surface area contributed by atoms with E-state index in [0.717, 1.165) is 60.9 Å². The number of thiophene rings is 1. The Hall–Kier alpha value is -8.60. The molecule has 0 atom stereocenters. The lowest BCUT2D eigenvalue weighted by atomic mass is 9.97. The van der Waals surface area contributed by atoms with E-state index < -0.39 is 4.92 Å². The molecular weight excluding hydrogens is 1150 g/mol. The van der Waals surface area contributed by atoms with Gasteiger partial charge in [0, 0.05) is 75.7 Å². The van der Waals surface area contributed by atoms with E-state index in [9.17, 15) is 24.5 Å². The molecule has 8 aromatic rings. The van der Waals surface area contributed by atoms with Crippen molar-refractivity contribution in [2.24, 2.45) is 28.2 Å². The lowest BCUT2D eigenvalue weighted by Gasteiger charge is -2.18. The van der Waals surface area contributed by atoms with Crippen LogP contribution in [-0.4, -0.2) is 34.0 Å². The normalized spacial score (nSPS) is 10.9. The highest BCUT2D eigenvalue weighted by Gasteiger charge is 2.29. The topological polar surface area (TPSA) is 152 Å². The number of ether oxygens (including phenoxy) is 2. The number of thioether (sulfide) groups is 1. The maximum Gasteiger partial charge on any atom is 0.348 e. The number of carbonyl (C=O) groups is 3. The van der Waals surface area contributed by atoms with Crippen LogP contribution in [0.5, 0.6) is 0 Å². The number of nitrogens with zero attached hydrogens (tertiary/aromatic N) is 6. The van der Waals surface area contributed by atoms with Gasteiger partial charge in [0.2, 0.25) is 22.8 Å². The molecule has 0 unspecified atom stereocenters. The number of nitriles is 1. The molecule has 13 nitrogen and oxygen atoms in total. The molecule has 454 valence electrons. The standard InChI is InChI=1S/C19H22NS.C17H17N2O3.C16H12ClN2O2.C16H20NO2S.3CH4/c1-7-15-8-11-18(20(6)13-15)17-10-9-16(12-14(17)2)21-19(3,4)5;1-5-13-8-11(2)15(10-16(13)19(21)22)17-9-14(12(3)20)6-7-18(17)4;1-9-11(14-4-3-10(6-18)7-19(14)2)5-12-13(15(9)17)8-21-16(12)20;1-6-19-16(18)14-9-11(3)15(20-14)13-8-10(2)7-12(4)17(13)5;;;/h1,8-13H,2-6H3;5-10H,1H2,2-4H3;3-5,7H,8H2,1-2H3;7-9H,6H2,1-5H3;3*1H4/q4*+1;;;. The number of halogens is 1. The Bertz CT molecular complexity index is 4010. The Morgan fingerprint density at radius 1 is 0.805 bits per heavy atom. The average molecular weight is 1230 g/mol. The minimum atomic E-state index is -0.422. The Kier molecular flexibility index (Phi) is 26.0. The van der Waals surface area contributed by atoms with Gasteiger partial charge in [-0.3, -0.25) is 14.9 Å². The van der Waals surface area contributed by atoms with Gasteiger partial charge in [0.05, 0.1) is 44.4 Å². The van der Waals surface area contributed by atoms with Crippen LogP contribution in [0.2, 0.25) is 5.02 Å². The van der Waals surface area contributed by atoms with Crippen LogP contribution in [0.25, 0.3) is 50.4 Å². The quantitative estimate of drug-likeness (QED) is 0.0248. The van der Waals surface area contributed by atoms with Gasteiger partial charge in [0.25, 0.3) is 5.69 Å². The Morgan fingerprint density at radius 2 is 1.43 bits per heavy atom. The van der Waals surface area contributed by atoms with E-state index in [0.29, 0.717) is 38.8 Å². The van der Waals surface area contributed by atoms with E-state index in [2.05, 4.69) is 106 Å². The molecule has 0 bridgehead atoms. The van der Waals surface area contributed by atoms with E-state index in [1.54, 1.807) is 36.7 Å². The molecule has 9 rings (SSSR count). The summed E-state index contributed by atoms with van der Waals surface area (Å²) in [4.78, 5) is 49.1. The number of ketones is 1. The first kappa shape index (κ1) is 72.7. The predicted octanol–water partition coefficient (Wildman–Crippen LogP) is 15.5. The molecule has 0 saturated heterocycles. The number of aromatic nitrogens is 4. The molecule has 0 radical (unpaired) electrons. The smallest absolute Gasteiger partial charge is 0.348 e. The molecule has 0 saturated carbocycles. The summed E-state index contributed by atoms with van der Waals surface area (Å²) < 4.78 is 18.3. The highest BCUT2D eigenvalue weighted by Crippen LogP contribution is 2.38. The molecule has 1 aliphatic heterocycles. The Morgan fingerprint density at radius 3 is 1.99 bits per heavy atom. The van der Waals surface area contributed by atoms with E-state index in [-0.39, 0.29) is 57.0 Å². The number of fused-ring (bicyclic) bond motifs is 1. The number of nitro benzene ring substituents is 1. The summed E-state index contributed by atoms with van der Waals surface area (Å²) in [5.74, 6) is 2.05. The van der Waals surface area contributed by atoms with Crippen LogP contribution in [0.4, 0.5) is 5.69 Å². The summed E-state index contributed by atoms with van der Waals surface area (Å²) in [7, 11) is 7.78. The number of rotatable bonds is 10. The summed E-state index contributed by atoms with van der Waals surface area (Å²) >= 11 is 9.77. The number of terminal acetylenes is 1. The molecule has 0 aliphatic carbocycles. The van der Waals surface area contributed by atoms with Gasteiger partial charge in [0.1, 0.15) is 56.2 Å². The van der Waals surface area contributed by atoms with Crippen molar-refractivity contribution in [3.8, 4) is 62.8 Å². The number of esters is 2. The number of aryl methyl sites for hydroxylation is 8. The Balaban J connectivity index is 0.000000300. The van der Waals surface area contributed by atoms with Gasteiger partial charge >= 0.3 is 11.9 Å². The minimum absolute atomic E-state index is 0. The number of cyclic esters (lactones) is 1. The monoisotopic (exact) mass is 1230 g/mol. The lowest BCUT2D eigenvalue weighted by Crippen LogP contribution is -2.34. The average Bonchev–Trinajstić information content (AvgIpc) is 1.92. The van der Waals surface area contributed by atoms with Crippen molar-refractivity contribution in [1.82, 2.24) is 0 Å². The third-order valence-electron chi connectivity index (χ3n) is 13.9. The predicted molar refractivity (Wildman–Crippen MR) is 354 cm³/mol. The first-order chi connectivity index (χ1) is 39.6. The summed E-state index contributed by atoms with van der Waals surface area (Å²) in [6, 6.07) is 31.2. The third kappa shape index (κ3) is 17.5. The second-order valence-electron chi connectivity index (χ2n) is 21.4. The summed E-state index contributed by atoms with van der Waals surface area (Å²) in [5.41, 5.74) is 17.2. The highest BCUT2D eigenvalue weighted by molar-refractivity contribution is 8.00. The van der Waals surface area contributed by atoms with Crippen LogP contribution in [0, 0.1) is 75.3 Å². The maximum atomic E-state index is 11.8. The molecule has 0 amide bonds. The van der Waals surface area contributed by atoms with Crippen molar-refractivity contribution in [2.45, 2.75) is 115 Å². The zero-order valence-electron chi connectivity index (χ0n) is 50.4. The van der Waals surface area contributed by atoms with Gasteiger partial charge in [-0.05, 0) is 125 Å². The van der Waals surface area contributed by atoms with Gasteiger partial charge in [-0.25, -0.2) is 14.2 Å². The van der Waals surface area contributed by atoms with Gasteiger partial charge in [-0.2, -0.15) is 19.0 Å². The van der Waals surface area contributed by atoms with Crippen molar-refractivity contribution in [2.75, 3.05) is 6.61 Å². The van der Waals surface area contributed by atoms with Gasteiger partial charge < -0.3 is 9.47 Å². The second-order valence-corrected chi connectivity index (χ2v) is 24.7. The number of hydrogen-bond acceptors (Lipinski definition) is 10. The van der Waals surface area contributed by atoms with Crippen LogP contribution in [0.3, 0.4) is 0 Å². The fraction of sp³-hybridized carbons (Fsp3) is 0.296. The molecule has 3 aromatic carbocycles. The zero-order chi connectivity index (χ0) is 62.1. The van der Waals surface area contributed by atoms with Crippen LogP contribution in [-0.2, 0) is 44.3 Å². The molecule has 6 heterocycles. The number of carbonyl (C=O) groups excluding carboxylic acids is 3. The summed E-state index contributed by atoms with van der Waals surface area (Å²) in [5, 5.41) is 20.7. The first-order valence-corrected chi connectivity index (χ1v) is 29.0. The fourth-order valence-electron chi connectivity index (χ4n) is 9.47. The largest absolute Gasteiger partial charge is 0.462 e. The number of hydrogen-bond donors (Lipinski definition) is 0. The van der Waals surface area contributed by atoms with Gasteiger partial charge in [0.15, 0.2) is 30.1 Å². The molecule has 5 aromatic heterocycles. The Labute approximate surface area is 528 Å². The highest BCUT2D eigenvalue weighted by atomic mass is 35.5. The van der Waals surface area contributed by atoms with Gasteiger partial charge in [-0.1, -0.05) is 73.2 Å². The number of nitro groups is 1. The molecule has 87 heavy (non-hydrogen) atoms. The van der Waals surface area contributed by atoms with Crippen molar-refractivity contribution in [3.63, 3.8) is 0 Å². The lowest BCUT2D eigenvalue weighted by molar-refractivity contribution is -0.666.